The Morgan fingerprint density at radius 2 is 2.06 bits per heavy atom. The van der Waals surface area contributed by atoms with Crippen molar-refractivity contribution in [3.05, 3.63) is 46.1 Å². The van der Waals surface area contributed by atoms with Crippen LogP contribution < -0.4 is 11.1 Å². The Morgan fingerprint density at radius 1 is 1.33 bits per heavy atom. The summed E-state index contributed by atoms with van der Waals surface area (Å²) in [6.07, 6.45) is 1.48. The molecule has 3 nitrogen and oxygen atoms in total. The number of hydrogen-bond donors (Lipinski definition) is 2. The standard InChI is InChI=1S/C12H10BrF2N3/c1-6-9(16)5-17-12(11(6)13)18-10-3-2-7(14)4-8(10)15/h2-5H,16H2,1H3,(H,17,18). The van der Waals surface area contributed by atoms with Crippen molar-refractivity contribution in [2.24, 2.45) is 0 Å². The van der Waals surface area contributed by atoms with Crippen LogP contribution in [0.3, 0.4) is 0 Å². The number of rotatable bonds is 2. The van der Waals surface area contributed by atoms with E-state index in [1.54, 1.807) is 0 Å². The van der Waals surface area contributed by atoms with Crippen LogP contribution in [0.1, 0.15) is 5.56 Å². The number of hydrogen-bond acceptors (Lipinski definition) is 3. The van der Waals surface area contributed by atoms with Gasteiger partial charge in [0.1, 0.15) is 17.5 Å². The molecule has 2 rings (SSSR count). The van der Waals surface area contributed by atoms with Crippen molar-refractivity contribution >= 4 is 33.1 Å². The molecular formula is C12H10BrF2N3. The number of halogens is 3. The van der Waals surface area contributed by atoms with Crippen molar-refractivity contribution in [1.82, 2.24) is 4.98 Å². The first-order chi connectivity index (χ1) is 8.49. The molecule has 1 aromatic carbocycles. The summed E-state index contributed by atoms with van der Waals surface area (Å²) < 4.78 is 26.9. The van der Waals surface area contributed by atoms with Gasteiger partial charge in [-0.3, -0.25) is 0 Å². The largest absolute Gasteiger partial charge is 0.397 e. The summed E-state index contributed by atoms with van der Waals surface area (Å²) in [6.45, 7) is 1.81. The molecule has 1 aromatic heterocycles. The SMILES string of the molecule is Cc1c(N)cnc(Nc2ccc(F)cc2F)c1Br. The molecule has 0 aliphatic heterocycles. The van der Waals surface area contributed by atoms with Crippen LogP contribution >= 0.6 is 15.9 Å². The molecule has 0 spiro atoms. The third-order valence-corrected chi connectivity index (χ3v) is 3.46. The predicted octanol–water partition coefficient (Wildman–Crippen LogP) is 3.76. The molecule has 0 aliphatic carbocycles. The summed E-state index contributed by atoms with van der Waals surface area (Å²) in [6, 6.07) is 3.29. The maximum absolute atomic E-state index is 13.5. The number of anilines is 3. The highest BCUT2D eigenvalue weighted by Gasteiger charge is 2.10. The lowest BCUT2D eigenvalue weighted by Gasteiger charge is -2.11. The topological polar surface area (TPSA) is 50.9 Å². The minimum atomic E-state index is -0.682. The van der Waals surface area contributed by atoms with E-state index in [4.69, 9.17) is 5.73 Å². The van der Waals surface area contributed by atoms with Crippen LogP contribution in [0.25, 0.3) is 0 Å². The van der Waals surface area contributed by atoms with Gasteiger partial charge in [0.25, 0.3) is 0 Å². The average Bonchev–Trinajstić information content (AvgIpc) is 2.33. The molecule has 0 atom stereocenters. The van der Waals surface area contributed by atoms with Crippen molar-refractivity contribution in [2.75, 3.05) is 11.1 Å². The Balaban J connectivity index is 2.37. The number of nitrogens with two attached hydrogens (primary N) is 1. The Kier molecular flexibility index (Phi) is 3.47. The van der Waals surface area contributed by atoms with Crippen LogP contribution in [0.4, 0.5) is 26.0 Å². The van der Waals surface area contributed by atoms with Crippen molar-refractivity contribution in [2.45, 2.75) is 6.92 Å². The van der Waals surface area contributed by atoms with E-state index in [9.17, 15) is 8.78 Å². The van der Waals surface area contributed by atoms with Crippen molar-refractivity contribution < 1.29 is 8.78 Å². The van der Waals surface area contributed by atoms with Crippen LogP contribution in [0, 0.1) is 18.6 Å². The lowest BCUT2D eigenvalue weighted by Crippen LogP contribution is -2.01. The summed E-state index contributed by atoms with van der Waals surface area (Å²) in [7, 11) is 0. The van der Waals surface area contributed by atoms with Gasteiger partial charge in [-0.05, 0) is 40.5 Å². The molecular weight excluding hydrogens is 304 g/mol. The molecule has 1 heterocycles. The van der Waals surface area contributed by atoms with E-state index >= 15 is 0 Å². The zero-order valence-corrected chi connectivity index (χ0v) is 11.1. The number of aromatic nitrogens is 1. The molecule has 18 heavy (non-hydrogen) atoms. The second kappa shape index (κ2) is 4.89. The first-order valence-corrected chi connectivity index (χ1v) is 5.91. The summed E-state index contributed by atoms with van der Waals surface area (Å²) in [4.78, 5) is 4.05. The zero-order valence-electron chi connectivity index (χ0n) is 9.47. The van der Waals surface area contributed by atoms with Crippen LogP contribution in [-0.2, 0) is 0 Å². The normalized spacial score (nSPS) is 10.4. The van der Waals surface area contributed by atoms with Crippen LogP contribution in [-0.4, -0.2) is 4.98 Å². The third-order valence-electron chi connectivity index (χ3n) is 2.49. The molecule has 0 fully saturated rings. The summed E-state index contributed by atoms with van der Waals surface area (Å²) in [5.41, 5.74) is 7.17. The summed E-state index contributed by atoms with van der Waals surface area (Å²) in [5, 5.41) is 2.78. The maximum atomic E-state index is 13.5. The highest BCUT2D eigenvalue weighted by Crippen LogP contribution is 2.30. The number of nitrogen functional groups attached to an aromatic ring is 1. The molecule has 94 valence electrons. The molecule has 0 bridgehead atoms. The van der Waals surface area contributed by atoms with Gasteiger partial charge in [-0.25, -0.2) is 13.8 Å². The van der Waals surface area contributed by atoms with Gasteiger partial charge in [-0.15, -0.1) is 0 Å². The van der Waals surface area contributed by atoms with E-state index in [0.29, 0.717) is 16.0 Å². The lowest BCUT2D eigenvalue weighted by molar-refractivity contribution is 0.586. The second-order valence-corrected chi connectivity index (χ2v) is 4.54. The van der Waals surface area contributed by atoms with E-state index in [1.165, 1.54) is 18.3 Å². The molecule has 3 N–H and O–H groups in total. The molecule has 0 unspecified atom stereocenters. The fourth-order valence-electron chi connectivity index (χ4n) is 1.40. The average molecular weight is 314 g/mol. The fourth-order valence-corrected chi connectivity index (χ4v) is 1.83. The Bertz CT molecular complexity index is 602. The van der Waals surface area contributed by atoms with Gasteiger partial charge in [0, 0.05) is 6.07 Å². The van der Waals surface area contributed by atoms with E-state index in [-0.39, 0.29) is 5.69 Å². The number of nitrogens with zero attached hydrogens (tertiary/aromatic N) is 1. The Labute approximate surface area is 111 Å². The maximum Gasteiger partial charge on any atom is 0.149 e. The van der Waals surface area contributed by atoms with Crippen molar-refractivity contribution in [3.8, 4) is 0 Å². The monoisotopic (exact) mass is 313 g/mol. The first-order valence-electron chi connectivity index (χ1n) is 5.11. The van der Waals surface area contributed by atoms with Gasteiger partial charge in [0.05, 0.1) is 22.0 Å². The Morgan fingerprint density at radius 3 is 2.72 bits per heavy atom. The number of nitrogens with one attached hydrogen (secondary N) is 1. The minimum absolute atomic E-state index is 0.147. The van der Waals surface area contributed by atoms with Gasteiger partial charge in [-0.1, -0.05) is 0 Å². The van der Waals surface area contributed by atoms with Gasteiger partial charge in [0.15, 0.2) is 0 Å². The minimum Gasteiger partial charge on any atom is -0.397 e. The molecule has 0 radical (unpaired) electrons. The van der Waals surface area contributed by atoms with E-state index in [0.717, 1.165) is 11.6 Å². The predicted molar refractivity (Wildman–Crippen MR) is 70.7 cm³/mol. The van der Waals surface area contributed by atoms with Crippen LogP contribution in [0.5, 0.6) is 0 Å². The van der Waals surface area contributed by atoms with Gasteiger partial charge >= 0.3 is 0 Å². The molecule has 0 aliphatic rings. The fraction of sp³-hybridized carbons (Fsp3) is 0.0833. The zero-order chi connectivity index (χ0) is 13.3. The molecule has 2 aromatic rings. The first kappa shape index (κ1) is 12.8. The van der Waals surface area contributed by atoms with Crippen LogP contribution in [0.15, 0.2) is 28.9 Å². The van der Waals surface area contributed by atoms with Crippen LogP contribution in [0.2, 0.25) is 0 Å². The number of pyridine rings is 1. The second-order valence-electron chi connectivity index (χ2n) is 3.75. The van der Waals surface area contributed by atoms with Crippen molar-refractivity contribution in [1.29, 1.82) is 0 Å². The highest BCUT2D eigenvalue weighted by atomic mass is 79.9. The van der Waals surface area contributed by atoms with Gasteiger partial charge in [0.2, 0.25) is 0 Å². The Hall–Kier alpha value is -1.69. The highest BCUT2D eigenvalue weighted by molar-refractivity contribution is 9.10. The smallest absolute Gasteiger partial charge is 0.149 e. The molecule has 6 heteroatoms. The van der Waals surface area contributed by atoms with Gasteiger partial charge in [-0.2, -0.15) is 0 Å². The lowest BCUT2D eigenvalue weighted by atomic mass is 10.2. The van der Waals surface area contributed by atoms with E-state index in [2.05, 4.69) is 26.2 Å². The van der Waals surface area contributed by atoms with E-state index in [1.807, 2.05) is 6.92 Å². The summed E-state index contributed by atoms with van der Waals surface area (Å²) in [5.74, 6) is -0.885. The summed E-state index contributed by atoms with van der Waals surface area (Å²) >= 11 is 3.33. The third kappa shape index (κ3) is 2.43. The molecule has 0 amide bonds. The number of benzene rings is 1. The van der Waals surface area contributed by atoms with Crippen molar-refractivity contribution in [3.63, 3.8) is 0 Å². The van der Waals surface area contributed by atoms with Gasteiger partial charge < -0.3 is 11.1 Å². The van der Waals surface area contributed by atoms with E-state index < -0.39 is 11.6 Å². The quantitative estimate of drug-likeness (QED) is 0.887. The molecule has 0 saturated heterocycles. The molecule has 0 saturated carbocycles.